The molecule has 0 spiro atoms. The number of rotatable bonds is 8. The molecule has 3 heterocycles. The van der Waals surface area contributed by atoms with Gasteiger partial charge in [0, 0.05) is 18.8 Å². The van der Waals surface area contributed by atoms with Crippen molar-refractivity contribution in [2.75, 3.05) is 10.0 Å². The van der Waals surface area contributed by atoms with Gasteiger partial charge in [0.15, 0.2) is 5.84 Å². The lowest BCUT2D eigenvalue weighted by atomic mass is 10.1. The molecule has 1 aliphatic heterocycles. The number of aromatic hydroxyl groups is 1. The number of benzene rings is 1. The number of amidine groups is 1. The Hall–Kier alpha value is -3.49. The fourth-order valence-corrected chi connectivity index (χ4v) is 7.17. The van der Waals surface area contributed by atoms with E-state index < -0.39 is 31.5 Å². The van der Waals surface area contributed by atoms with Gasteiger partial charge in [0.1, 0.15) is 21.9 Å². The summed E-state index contributed by atoms with van der Waals surface area (Å²) < 4.78 is 61.7. The van der Waals surface area contributed by atoms with Crippen molar-refractivity contribution in [3.8, 4) is 5.75 Å². The quantitative estimate of drug-likeness (QED) is 0.318. The molecule has 0 radical (unpaired) electrons. The van der Waals surface area contributed by atoms with E-state index in [1.165, 1.54) is 22.9 Å². The van der Waals surface area contributed by atoms with E-state index >= 15 is 0 Å². The summed E-state index contributed by atoms with van der Waals surface area (Å²) in [6.07, 6.45) is 5.56. The smallest absolute Gasteiger partial charge is 0.299 e. The second-order valence-corrected chi connectivity index (χ2v) is 13.2. The van der Waals surface area contributed by atoms with Gasteiger partial charge in [-0.2, -0.15) is 21.6 Å². The van der Waals surface area contributed by atoms with Crippen molar-refractivity contribution in [1.82, 2.24) is 14.3 Å². The third kappa shape index (κ3) is 5.49. The highest BCUT2D eigenvalue weighted by molar-refractivity contribution is 7.91. The fourth-order valence-electron chi connectivity index (χ4n) is 4.85. The van der Waals surface area contributed by atoms with Crippen LogP contribution in [0.25, 0.3) is 11.0 Å². The monoisotopic (exact) mass is 574 g/mol. The summed E-state index contributed by atoms with van der Waals surface area (Å²) in [5, 5.41) is 14.2. The predicted molar refractivity (Wildman–Crippen MR) is 149 cm³/mol. The van der Waals surface area contributed by atoms with Crippen LogP contribution in [0.3, 0.4) is 0 Å². The Kier molecular flexibility index (Phi) is 7.11. The normalized spacial score (nSPS) is 17.2. The van der Waals surface area contributed by atoms with Crippen LogP contribution in [0.5, 0.6) is 5.75 Å². The minimum Gasteiger partial charge on any atom is -0.506 e. The van der Waals surface area contributed by atoms with E-state index in [-0.39, 0.29) is 50.7 Å². The predicted octanol–water partition coefficient (Wildman–Crippen LogP) is 2.90. The maximum atomic E-state index is 13.6. The molecule has 0 bridgehead atoms. The molecule has 0 atom stereocenters. The number of aryl methyl sites for hydroxylation is 1. The van der Waals surface area contributed by atoms with Crippen molar-refractivity contribution in [3.05, 3.63) is 52.4 Å². The molecule has 1 saturated carbocycles. The molecule has 3 aromatic rings. The molecule has 0 amide bonds. The van der Waals surface area contributed by atoms with Crippen molar-refractivity contribution in [3.63, 3.8) is 0 Å². The number of fused-ring (bicyclic) bond motifs is 2. The number of sulfonamides is 1. The first-order chi connectivity index (χ1) is 18.4. The van der Waals surface area contributed by atoms with Crippen molar-refractivity contribution >= 4 is 48.5 Å². The highest BCUT2D eigenvalue weighted by Gasteiger charge is 2.31. The third-order valence-electron chi connectivity index (χ3n) is 6.81. The van der Waals surface area contributed by atoms with Gasteiger partial charge in [-0.25, -0.2) is 4.98 Å². The number of pyridine rings is 2. The van der Waals surface area contributed by atoms with Crippen LogP contribution in [0.15, 0.2) is 50.6 Å². The molecular formula is C25H30N6O6S2. The van der Waals surface area contributed by atoms with E-state index in [4.69, 9.17) is 0 Å². The zero-order chi connectivity index (χ0) is 27.9. The molecule has 1 aromatic carbocycles. The van der Waals surface area contributed by atoms with E-state index in [2.05, 4.69) is 24.1 Å². The molecule has 39 heavy (non-hydrogen) atoms. The number of nitrogens with one attached hydrogen (secondary N) is 3. The van der Waals surface area contributed by atoms with Gasteiger partial charge < -0.3 is 10.4 Å². The van der Waals surface area contributed by atoms with Gasteiger partial charge in [0.2, 0.25) is 0 Å². The number of nitrogens with zero attached hydrogens (tertiary/aromatic N) is 3. The molecule has 1 aliphatic carbocycles. The number of hydrogen-bond donors (Lipinski definition) is 4. The molecule has 1 fully saturated rings. The third-order valence-corrected chi connectivity index (χ3v) is 9.28. The van der Waals surface area contributed by atoms with E-state index in [1.54, 1.807) is 12.1 Å². The van der Waals surface area contributed by atoms with Gasteiger partial charge >= 0.3 is 0 Å². The maximum Gasteiger partial charge on any atom is 0.299 e. The summed E-state index contributed by atoms with van der Waals surface area (Å²) in [7, 11) is -8.29. The minimum absolute atomic E-state index is 0.0407. The van der Waals surface area contributed by atoms with Crippen molar-refractivity contribution in [1.29, 1.82) is 0 Å². The Morgan fingerprint density at radius 3 is 2.67 bits per heavy atom. The molecule has 2 aromatic heterocycles. The van der Waals surface area contributed by atoms with Gasteiger partial charge in [-0.05, 0) is 55.5 Å². The Bertz CT molecular complexity index is 1740. The van der Waals surface area contributed by atoms with Crippen molar-refractivity contribution in [2.24, 2.45) is 10.3 Å². The second kappa shape index (κ2) is 10.2. The molecule has 12 nitrogen and oxygen atoms in total. The molecule has 4 N–H and O–H groups in total. The zero-order valence-corrected chi connectivity index (χ0v) is 23.1. The fraction of sp³-hybridized carbons (Fsp3) is 0.400. The first kappa shape index (κ1) is 27.1. The first-order valence-corrected chi connectivity index (χ1v) is 15.6. The van der Waals surface area contributed by atoms with Crippen LogP contribution in [-0.4, -0.2) is 43.4 Å². The molecule has 14 heteroatoms. The lowest BCUT2D eigenvalue weighted by Crippen LogP contribution is -2.37. The van der Waals surface area contributed by atoms with Crippen molar-refractivity contribution < 1.29 is 21.9 Å². The summed E-state index contributed by atoms with van der Waals surface area (Å²) in [6, 6.07) is 6.99. The number of anilines is 2. The highest BCUT2D eigenvalue weighted by atomic mass is 32.2. The van der Waals surface area contributed by atoms with Crippen LogP contribution in [0.2, 0.25) is 0 Å². The van der Waals surface area contributed by atoms with Gasteiger partial charge in [0.05, 0.1) is 16.8 Å². The topological polar surface area (TPSA) is 172 Å². The SMILES string of the molecule is CC(C)CCn1c(=O)c(C2=NS(=O)(=O)c3cc(NS(=O)(=O)NC4CCCC4)ccc3N2)c(O)c2cccnc21. The van der Waals surface area contributed by atoms with Crippen LogP contribution in [0.1, 0.15) is 51.5 Å². The van der Waals surface area contributed by atoms with Gasteiger partial charge in [-0.1, -0.05) is 26.7 Å². The van der Waals surface area contributed by atoms with Gasteiger partial charge in [-0.15, -0.1) is 4.40 Å². The highest BCUT2D eigenvalue weighted by Crippen LogP contribution is 2.34. The Balaban J connectivity index is 1.52. The number of aromatic nitrogens is 2. The van der Waals surface area contributed by atoms with Crippen LogP contribution in [-0.2, 0) is 26.8 Å². The summed E-state index contributed by atoms with van der Waals surface area (Å²) in [5.74, 6) is -0.480. The first-order valence-electron chi connectivity index (χ1n) is 12.7. The molecule has 2 aliphatic rings. The average Bonchev–Trinajstić information content (AvgIpc) is 3.36. The summed E-state index contributed by atoms with van der Waals surface area (Å²) >= 11 is 0. The average molecular weight is 575 g/mol. The molecule has 208 valence electrons. The molecule has 0 saturated heterocycles. The second-order valence-electron chi connectivity index (χ2n) is 10.2. The van der Waals surface area contributed by atoms with Crippen LogP contribution < -0.4 is 20.3 Å². The van der Waals surface area contributed by atoms with E-state index in [0.29, 0.717) is 13.0 Å². The summed E-state index contributed by atoms with van der Waals surface area (Å²) in [5.41, 5.74) is -0.512. The maximum absolute atomic E-state index is 13.6. The molecule has 5 rings (SSSR count). The zero-order valence-electron chi connectivity index (χ0n) is 21.5. The van der Waals surface area contributed by atoms with Crippen LogP contribution in [0.4, 0.5) is 11.4 Å². The lowest BCUT2D eigenvalue weighted by Gasteiger charge is -2.21. The van der Waals surface area contributed by atoms with Crippen LogP contribution in [0, 0.1) is 5.92 Å². The Labute approximate surface area is 226 Å². The van der Waals surface area contributed by atoms with Crippen molar-refractivity contribution in [2.45, 2.75) is 63.4 Å². The van der Waals surface area contributed by atoms with Crippen LogP contribution >= 0.6 is 0 Å². The van der Waals surface area contributed by atoms with E-state index in [9.17, 15) is 26.7 Å². The van der Waals surface area contributed by atoms with Gasteiger partial charge in [-0.3, -0.25) is 14.1 Å². The Morgan fingerprint density at radius 2 is 1.95 bits per heavy atom. The Morgan fingerprint density at radius 1 is 1.21 bits per heavy atom. The molecule has 0 unspecified atom stereocenters. The minimum atomic E-state index is -4.37. The van der Waals surface area contributed by atoms with Gasteiger partial charge in [0.25, 0.3) is 25.8 Å². The summed E-state index contributed by atoms with van der Waals surface area (Å²) in [6.45, 7) is 4.33. The number of hydrogen-bond acceptors (Lipinski definition) is 8. The van der Waals surface area contributed by atoms with E-state index in [0.717, 1.165) is 31.7 Å². The largest absolute Gasteiger partial charge is 0.506 e. The molecular weight excluding hydrogens is 544 g/mol. The lowest BCUT2D eigenvalue weighted by molar-refractivity contribution is 0.473. The van der Waals surface area contributed by atoms with E-state index in [1.807, 2.05) is 13.8 Å². The summed E-state index contributed by atoms with van der Waals surface area (Å²) in [4.78, 5) is 17.6. The standard InChI is InChI=1S/C25H30N6O6S2/c1-15(2)11-13-31-24-18(8-5-12-26-24)22(32)21(25(31)33)23-27-19-10-9-17(14-20(19)38(34,35)30-23)29-39(36,37)28-16-6-3-4-7-16/h5,8-10,12,14-16,28-29,32H,3-4,6-7,11,13H2,1-2H3,(H,27,30).